The number of nitrogen functional groups attached to an aromatic ring is 1. The zero-order valence-electron chi connectivity index (χ0n) is 11.1. The molecule has 1 aromatic heterocycles. The molecule has 0 bridgehead atoms. The van der Waals surface area contributed by atoms with Crippen molar-refractivity contribution in [3.8, 4) is 0 Å². The SMILES string of the molecule is Cc1cc2c(cc1N)N(C(=O)c1ccc(Br)cn1)CC2. The van der Waals surface area contributed by atoms with Crippen LogP contribution in [0.15, 0.2) is 34.9 Å². The fraction of sp³-hybridized carbons (Fsp3) is 0.200. The standard InChI is InChI=1S/C15H14BrN3O/c1-9-6-10-4-5-19(14(10)7-12(9)17)15(20)13-3-2-11(16)8-18-13/h2-3,6-8H,4-5,17H2,1H3. The van der Waals surface area contributed by atoms with E-state index < -0.39 is 0 Å². The summed E-state index contributed by atoms with van der Waals surface area (Å²) in [5.74, 6) is -0.0838. The minimum Gasteiger partial charge on any atom is -0.398 e. The number of hydrogen-bond acceptors (Lipinski definition) is 3. The highest BCUT2D eigenvalue weighted by molar-refractivity contribution is 9.10. The normalized spacial score (nSPS) is 13.4. The number of halogens is 1. The molecule has 0 spiro atoms. The van der Waals surface area contributed by atoms with Gasteiger partial charge in [-0.3, -0.25) is 4.79 Å². The summed E-state index contributed by atoms with van der Waals surface area (Å²) in [5.41, 5.74) is 10.2. The van der Waals surface area contributed by atoms with Crippen molar-refractivity contribution in [1.29, 1.82) is 0 Å². The Morgan fingerprint density at radius 2 is 2.20 bits per heavy atom. The van der Waals surface area contributed by atoms with E-state index in [0.29, 0.717) is 17.9 Å². The first-order chi connectivity index (χ1) is 9.56. The summed E-state index contributed by atoms with van der Waals surface area (Å²) in [7, 11) is 0. The lowest BCUT2D eigenvalue weighted by molar-refractivity contribution is 0.0984. The van der Waals surface area contributed by atoms with Crippen LogP contribution >= 0.6 is 15.9 Å². The molecule has 0 aliphatic carbocycles. The number of pyridine rings is 1. The van der Waals surface area contributed by atoms with Gasteiger partial charge in [0.15, 0.2) is 0 Å². The van der Waals surface area contributed by atoms with Crippen LogP contribution in [0.5, 0.6) is 0 Å². The Morgan fingerprint density at radius 1 is 1.40 bits per heavy atom. The van der Waals surface area contributed by atoms with Crippen molar-refractivity contribution < 1.29 is 4.79 Å². The van der Waals surface area contributed by atoms with Crippen molar-refractivity contribution in [2.24, 2.45) is 0 Å². The van der Waals surface area contributed by atoms with Crippen molar-refractivity contribution >= 4 is 33.2 Å². The quantitative estimate of drug-likeness (QED) is 0.817. The topological polar surface area (TPSA) is 59.2 Å². The number of nitrogens with zero attached hydrogens (tertiary/aromatic N) is 2. The maximum absolute atomic E-state index is 12.5. The summed E-state index contributed by atoms with van der Waals surface area (Å²) in [6.07, 6.45) is 2.49. The molecule has 0 saturated heterocycles. The molecular weight excluding hydrogens is 318 g/mol. The lowest BCUT2D eigenvalue weighted by Crippen LogP contribution is -2.29. The number of carbonyl (C=O) groups excluding carboxylic acids is 1. The number of nitrogens with two attached hydrogens (primary N) is 1. The maximum Gasteiger partial charge on any atom is 0.276 e. The Balaban J connectivity index is 1.96. The van der Waals surface area contributed by atoms with Gasteiger partial charge >= 0.3 is 0 Å². The highest BCUT2D eigenvalue weighted by Crippen LogP contribution is 2.32. The Kier molecular flexibility index (Phi) is 3.22. The molecule has 0 saturated carbocycles. The lowest BCUT2D eigenvalue weighted by atomic mass is 10.1. The second kappa shape index (κ2) is 4.90. The Morgan fingerprint density at radius 3 is 2.90 bits per heavy atom. The second-order valence-electron chi connectivity index (χ2n) is 4.91. The van der Waals surface area contributed by atoms with E-state index in [0.717, 1.165) is 22.1 Å². The first kappa shape index (κ1) is 13.1. The smallest absolute Gasteiger partial charge is 0.276 e. The summed E-state index contributed by atoms with van der Waals surface area (Å²) in [6.45, 7) is 2.66. The Bertz CT molecular complexity index is 682. The molecule has 1 aliphatic heterocycles. The molecule has 5 heteroatoms. The number of aryl methyl sites for hydroxylation is 1. The number of carbonyl (C=O) groups is 1. The summed E-state index contributed by atoms with van der Waals surface area (Å²) in [5, 5.41) is 0. The predicted octanol–water partition coefficient (Wildman–Crippen LogP) is 2.94. The average Bonchev–Trinajstić information content (AvgIpc) is 2.82. The third kappa shape index (κ3) is 2.18. The van der Waals surface area contributed by atoms with Crippen molar-refractivity contribution in [2.75, 3.05) is 17.2 Å². The molecule has 1 aromatic carbocycles. The third-order valence-corrected chi connectivity index (χ3v) is 4.02. The zero-order chi connectivity index (χ0) is 14.3. The van der Waals surface area contributed by atoms with Gasteiger partial charge in [0.2, 0.25) is 0 Å². The van der Waals surface area contributed by atoms with Gasteiger partial charge in [0.05, 0.1) is 0 Å². The maximum atomic E-state index is 12.5. The van der Waals surface area contributed by atoms with Crippen LogP contribution in [0.2, 0.25) is 0 Å². The van der Waals surface area contributed by atoms with E-state index in [4.69, 9.17) is 5.73 Å². The summed E-state index contributed by atoms with van der Waals surface area (Å²) >= 11 is 3.32. The number of amides is 1. The number of benzene rings is 1. The largest absolute Gasteiger partial charge is 0.398 e. The molecule has 2 N–H and O–H groups in total. The number of fused-ring (bicyclic) bond motifs is 1. The van der Waals surface area contributed by atoms with E-state index in [1.807, 2.05) is 19.1 Å². The molecule has 1 aliphatic rings. The minimum atomic E-state index is -0.0838. The van der Waals surface area contributed by atoms with Gasteiger partial charge in [-0.15, -0.1) is 0 Å². The van der Waals surface area contributed by atoms with E-state index in [9.17, 15) is 4.79 Å². The fourth-order valence-corrected chi connectivity index (χ4v) is 2.66. The third-order valence-electron chi connectivity index (χ3n) is 3.55. The molecule has 0 fully saturated rings. The van der Waals surface area contributed by atoms with Crippen molar-refractivity contribution in [1.82, 2.24) is 4.98 Å². The van der Waals surface area contributed by atoms with Crippen molar-refractivity contribution in [2.45, 2.75) is 13.3 Å². The van der Waals surface area contributed by atoms with Crippen molar-refractivity contribution in [3.05, 3.63) is 51.8 Å². The van der Waals surface area contributed by atoms with Gasteiger partial charge in [-0.2, -0.15) is 0 Å². The highest BCUT2D eigenvalue weighted by Gasteiger charge is 2.26. The molecular formula is C15H14BrN3O. The first-order valence-electron chi connectivity index (χ1n) is 6.38. The molecule has 20 heavy (non-hydrogen) atoms. The Hall–Kier alpha value is -1.88. The summed E-state index contributed by atoms with van der Waals surface area (Å²) in [6, 6.07) is 7.49. The molecule has 4 nitrogen and oxygen atoms in total. The summed E-state index contributed by atoms with van der Waals surface area (Å²) < 4.78 is 0.857. The van der Waals surface area contributed by atoms with E-state index >= 15 is 0 Å². The van der Waals surface area contributed by atoms with Gasteiger partial charge in [0.25, 0.3) is 5.91 Å². The van der Waals surface area contributed by atoms with Gasteiger partial charge < -0.3 is 10.6 Å². The van der Waals surface area contributed by atoms with Crippen LogP contribution in [-0.4, -0.2) is 17.4 Å². The van der Waals surface area contributed by atoms with Gasteiger partial charge in [-0.25, -0.2) is 4.98 Å². The van der Waals surface area contributed by atoms with Gasteiger partial charge in [0.1, 0.15) is 5.69 Å². The second-order valence-corrected chi connectivity index (χ2v) is 5.82. The molecule has 2 heterocycles. The van der Waals surface area contributed by atoms with Crippen LogP contribution in [0.25, 0.3) is 0 Å². The van der Waals surface area contributed by atoms with E-state index in [1.54, 1.807) is 17.2 Å². The number of rotatable bonds is 1. The lowest BCUT2D eigenvalue weighted by Gasteiger charge is -2.17. The molecule has 0 unspecified atom stereocenters. The van der Waals surface area contributed by atoms with Gasteiger partial charge in [-0.05, 0) is 58.6 Å². The van der Waals surface area contributed by atoms with E-state index in [-0.39, 0.29) is 5.91 Å². The Labute approximate surface area is 125 Å². The highest BCUT2D eigenvalue weighted by atomic mass is 79.9. The number of anilines is 2. The molecule has 0 atom stereocenters. The van der Waals surface area contributed by atoms with E-state index in [2.05, 4.69) is 27.0 Å². The molecule has 1 amide bonds. The first-order valence-corrected chi connectivity index (χ1v) is 7.18. The molecule has 0 radical (unpaired) electrons. The van der Waals surface area contributed by atoms with Crippen LogP contribution < -0.4 is 10.6 Å². The van der Waals surface area contributed by atoms with Crippen LogP contribution in [-0.2, 0) is 6.42 Å². The van der Waals surface area contributed by atoms with Crippen molar-refractivity contribution in [3.63, 3.8) is 0 Å². The minimum absolute atomic E-state index is 0.0838. The van der Waals surface area contributed by atoms with Crippen LogP contribution in [0.1, 0.15) is 21.6 Å². The summed E-state index contributed by atoms with van der Waals surface area (Å²) in [4.78, 5) is 18.4. The van der Waals surface area contributed by atoms with Gasteiger partial charge in [-0.1, -0.05) is 6.07 Å². The molecule has 2 aromatic rings. The zero-order valence-corrected chi connectivity index (χ0v) is 12.6. The van der Waals surface area contributed by atoms with Crippen LogP contribution in [0.4, 0.5) is 11.4 Å². The number of aromatic nitrogens is 1. The van der Waals surface area contributed by atoms with Crippen LogP contribution in [0, 0.1) is 6.92 Å². The van der Waals surface area contributed by atoms with E-state index in [1.165, 1.54) is 5.56 Å². The molecule has 102 valence electrons. The van der Waals surface area contributed by atoms with Gasteiger partial charge in [0, 0.05) is 28.6 Å². The fourth-order valence-electron chi connectivity index (χ4n) is 2.43. The monoisotopic (exact) mass is 331 g/mol. The number of hydrogen-bond donors (Lipinski definition) is 1. The predicted molar refractivity (Wildman–Crippen MR) is 82.9 cm³/mol. The molecule has 3 rings (SSSR count). The average molecular weight is 332 g/mol. The van der Waals surface area contributed by atoms with Crippen LogP contribution in [0.3, 0.4) is 0 Å².